The number of hydrogen-bond donors (Lipinski definition) is 0. The Labute approximate surface area is 98.8 Å². The van der Waals surface area contributed by atoms with Crippen LogP contribution in [-0.4, -0.2) is 23.2 Å². The van der Waals surface area contributed by atoms with Crippen LogP contribution in [0.3, 0.4) is 0 Å². The number of likely N-dealkylation sites (tertiary alicyclic amines) is 1. The second kappa shape index (κ2) is 5.34. The molecule has 1 amide bonds. The normalized spacial score (nSPS) is 16.2. The molecule has 0 spiro atoms. The summed E-state index contributed by atoms with van der Waals surface area (Å²) in [5, 5.41) is 0.0753. The van der Waals surface area contributed by atoms with E-state index >= 15 is 0 Å². The SMILES string of the molecule is O=C(Sc1ccc(F)cc1)N1CCCCC1. The average molecular weight is 239 g/mol. The average Bonchev–Trinajstić information content (AvgIpc) is 2.33. The van der Waals surface area contributed by atoms with E-state index in [9.17, 15) is 9.18 Å². The Morgan fingerprint density at radius 2 is 1.75 bits per heavy atom. The molecule has 1 aromatic carbocycles. The summed E-state index contributed by atoms with van der Waals surface area (Å²) in [6.07, 6.45) is 3.40. The van der Waals surface area contributed by atoms with Gasteiger partial charge in [-0.15, -0.1) is 0 Å². The summed E-state index contributed by atoms with van der Waals surface area (Å²) in [6, 6.07) is 6.04. The zero-order valence-electron chi connectivity index (χ0n) is 8.99. The highest BCUT2D eigenvalue weighted by atomic mass is 32.2. The maximum absolute atomic E-state index is 12.7. The summed E-state index contributed by atoms with van der Waals surface area (Å²) in [4.78, 5) is 14.5. The first-order chi connectivity index (χ1) is 7.75. The van der Waals surface area contributed by atoms with Crippen molar-refractivity contribution in [2.45, 2.75) is 24.2 Å². The maximum Gasteiger partial charge on any atom is 0.286 e. The van der Waals surface area contributed by atoms with Crippen LogP contribution < -0.4 is 0 Å². The molecule has 0 saturated carbocycles. The lowest BCUT2D eigenvalue weighted by molar-refractivity contribution is 0.211. The van der Waals surface area contributed by atoms with Crippen LogP contribution in [0.15, 0.2) is 29.2 Å². The van der Waals surface area contributed by atoms with Crippen LogP contribution in [0.1, 0.15) is 19.3 Å². The van der Waals surface area contributed by atoms with E-state index in [2.05, 4.69) is 0 Å². The van der Waals surface area contributed by atoms with E-state index in [0.29, 0.717) is 0 Å². The van der Waals surface area contributed by atoms with Crippen LogP contribution in [0.2, 0.25) is 0 Å². The van der Waals surface area contributed by atoms with Crippen molar-refractivity contribution >= 4 is 17.0 Å². The number of carbonyl (C=O) groups is 1. The molecular formula is C12H14FNOS. The Balaban J connectivity index is 1.93. The molecule has 0 bridgehead atoms. The summed E-state index contributed by atoms with van der Waals surface area (Å²) >= 11 is 1.18. The highest BCUT2D eigenvalue weighted by Gasteiger charge is 2.17. The van der Waals surface area contributed by atoms with Crippen molar-refractivity contribution in [3.05, 3.63) is 30.1 Å². The quantitative estimate of drug-likeness (QED) is 0.699. The molecular weight excluding hydrogens is 225 g/mol. The number of benzene rings is 1. The van der Waals surface area contributed by atoms with Crippen LogP contribution >= 0.6 is 11.8 Å². The monoisotopic (exact) mass is 239 g/mol. The van der Waals surface area contributed by atoms with Gasteiger partial charge in [-0.05, 0) is 55.3 Å². The molecule has 0 aromatic heterocycles. The number of amides is 1. The molecule has 1 fully saturated rings. The number of piperidine rings is 1. The Hall–Kier alpha value is -1.03. The summed E-state index contributed by atoms with van der Waals surface area (Å²) < 4.78 is 12.7. The molecule has 16 heavy (non-hydrogen) atoms. The van der Waals surface area contributed by atoms with Gasteiger partial charge in [0.05, 0.1) is 0 Å². The first-order valence-electron chi connectivity index (χ1n) is 5.48. The second-order valence-corrected chi connectivity index (χ2v) is 4.89. The Morgan fingerprint density at radius 3 is 2.38 bits per heavy atom. The highest BCUT2D eigenvalue weighted by molar-refractivity contribution is 8.13. The summed E-state index contributed by atoms with van der Waals surface area (Å²) in [7, 11) is 0. The van der Waals surface area contributed by atoms with Crippen molar-refractivity contribution < 1.29 is 9.18 Å². The molecule has 1 aromatic rings. The molecule has 0 aliphatic carbocycles. The number of nitrogens with zero attached hydrogens (tertiary/aromatic N) is 1. The molecule has 2 nitrogen and oxygen atoms in total. The van der Waals surface area contributed by atoms with Gasteiger partial charge in [0.25, 0.3) is 5.24 Å². The van der Waals surface area contributed by atoms with Crippen LogP contribution in [-0.2, 0) is 0 Å². The molecule has 2 rings (SSSR count). The van der Waals surface area contributed by atoms with E-state index in [-0.39, 0.29) is 11.1 Å². The molecule has 1 aliphatic rings. The highest BCUT2D eigenvalue weighted by Crippen LogP contribution is 2.23. The Kier molecular flexibility index (Phi) is 3.83. The van der Waals surface area contributed by atoms with E-state index in [4.69, 9.17) is 0 Å². The minimum absolute atomic E-state index is 0.0753. The molecule has 1 aliphatic heterocycles. The zero-order valence-corrected chi connectivity index (χ0v) is 9.80. The third-order valence-electron chi connectivity index (χ3n) is 2.63. The molecule has 1 saturated heterocycles. The maximum atomic E-state index is 12.7. The fourth-order valence-corrected chi connectivity index (χ4v) is 2.53. The minimum Gasteiger partial charge on any atom is -0.333 e. The van der Waals surface area contributed by atoms with Gasteiger partial charge in [-0.3, -0.25) is 4.79 Å². The standard InChI is InChI=1S/C12H14FNOS/c13-10-4-6-11(7-5-10)16-12(15)14-8-2-1-3-9-14/h4-7H,1-3,8-9H2. The minimum atomic E-state index is -0.269. The Morgan fingerprint density at radius 1 is 1.12 bits per heavy atom. The van der Waals surface area contributed by atoms with Crippen molar-refractivity contribution in [3.63, 3.8) is 0 Å². The summed E-state index contributed by atoms with van der Waals surface area (Å²) in [5.74, 6) is -0.269. The first kappa shape index (κ1) is 11.5. The lowest BCUT2D eigenvalue weighted by Crippen LogP contribution is -2.32. The predicted molar refractivity (Wildman–Crippen MR) is 63.1 cm³/mol. The van der Waals surface area contributed by atoms with Gasteiger partial charge < -0.3 is 4.90 Å². The topological polar surface area (TPSA) is 20.3 Å². The predicted octanol–water partition coefficient (Wildman–Crippen LogP) is 3.52. The lowest BCUT2D eigenvalue weighted by atomic mass is 10.1. The number of carbonyl (C=O) groups excluding carboxylic acids is 1. The zero-order chi connectivity index (χ0) is 11.4. The van der Waals surface area contributed by atoms with Crippen LogP contribution in [0.5, 0.6) is 0 Å². The fraction of sp³-hybridized carbons (Fsp3) is 0.417. The van der Waals surface area contributed by atoms with Gasteiger partial charge in [0.2, 0.25) is 0 Å². The van der Waals surface area contributed by atoms with E-state index in [1.165, 1.54) is 30.3 Å². The third kappa shape index (κ3) is 2.98. The summed E-state index contributed by atoms with van der Waals surface area (Å²) in [5.41, 5.74) is 0. The molecule has 0 N–H and O–H groups in total. The van der Waals surface area contributed by atoms with Crippen molar-refractivity contribution in [1.29, 1.82) is 0 Å². The van der Waals surface area contributed by atoms with Gasteiger partial charge in [0, 0.05) is 18.0 Å². The number of thioether (sulfide) groups is 1. The van der Waals surface area contributed by atoms with Crippen LogP contribution in [0.4, 0.5) is 9.18 Å². The molecule has 4 heteroatoms. The van der Waals surface area contributed by atoms with Crippen LogP contribution in [0, 0.1) is 5.82 Å². The Bertz CT molecular complexity index is 360. The smallest absolute Gasteiger partial charge is 0.286 e. The van der Waals surface area contributed by atoms with E-state index < -0.39 is 0 Å². The molecule has 86 valence electrons. The van der Waals surface area contributed by atoms with Gasteiger partial charge in [-0.25, -0.2) is 4.39 Å². The molecule has 0 unspecified atom stereocenters. The lowest BCUT2D eigenvalue weighted by Gasteiger charge is -2.26. The van der Waals surface area contributed by atoms with Gasteiger partial charge >= 0.3 is 0 Å². The van der Waals surface area contributed by atoms with E-state index in [0.717, 1.165) is 30.8 Å². The molecule has 0 atom stereocenters. The van der Waals surface area contributed by atoms with E-state index in [1.54, 1.807) is 12.1 Å². The van der Waals surface area contributed by atoms with Crippen molar-refractivity contribution in [1.82, 2.24) is 4.90 Å². The van der Waals surface area contributed by atoms with Gasteiger partial charge in [-0.1, -0.05) is 0 Å². The second-order valence-electron chi connectivity index (χ2n) is 3.87. The third-order valence-corrected chi connectivity index (χ3v) is 3.57. The number of rotatable bonds is 1. The van der Waals surface area contributed by atoms with Gasteiger partial charge in [-0.2, -0.15) is 0 Å². The fourth-order valence-electron chi connectivity index (χ4n) is 1.74. The van der Waals surface area contributed by atoms with Crippen molar-refractivity contribution in [2.24, 2.45) is 0 Å². The van der Waals surface area contributed by atoms with Crippen molar-refractivity contribution in [2.75, 3.05) is 13.1 Å². The molecule has 1 heterocycles. The van der Waals surface area contributed by atoms with Crippen molar-refractivity contribution in [3.8, 4) is 0 Å². The van der Waals surface area contributed by atoms with E-state index in [1.807, 2.05) is 4.90 Å². The number of hydrogen-bond acceptors (Lipinski definition) is 2. The summed E-state index contributed by atoms with van der Waals surface area (Å²) in [6.45, 7) is 1.71. The van der Waals surface area contributed by atoms with Gasteiger partial charge in [0.15, 0.2) is 0 Å². The molecule has 0 radical (unpaired) electrons. The van der Waals surface area contributed by atoms with Gasteiger partial charge in [0.1, 0.15) is 5.82 Å². The van der Waals surface area contributed by atoms with Crippen LogP contribution in [0.25, 0.3) is 0 Å². The first-order valence-corrected chi connectivity index (χ1v) is 6.30. The number of halogens is 1. The largest absolute Gasteiger partial charge is 0.333 e.